The molecule has 0 atom stereocenters. The molecule has 138 valence electrons. The summed E-state index contributed by atoms with van der Waals surface area (Å²) in [6.07, 6.45) is 9.70. The van der Waals surface area contributed by atoms with Crippen LogP contribution in [0, 0.1) is 0 Å². The first kappa shape index (κ1) is 17.0. The molecule has 0 spiro atoms. The van der Waals surface area contributed by atoms with Gasteiger partial charge in [-0.25, -0.2) is 9.78 Å². The zero-order valence-corrected chi connectivity index (χ0v) is 14.6. The van der Waals surface area contributed by atoms with E-state index in [1.807, 2.05) is 39.9 Å². The SMILES string of the molecule is O=C(O)c1cnn(C2CCN(C(=O)c3ccc(-n4ccnc4)cc3)CC2)c1. The van der Waals surface area contributed by atoms with Crippen molar-refractivity contribution < 1.29 is 14.7 Å². The molecule has 1 fully saturated rings. The molecule has 0 saturated carbocycles. The molecule has 1 amide bonds. The van der Waals surface area contributed by atoms with Crippen molar-refractivity contribution in [2.24, 2.45) is 0 Å². The van der Waals surface area contributed by atoms with E-state index in [1.54, 1.807) is 23.4 Å². The van der Waals surface area contributed by atoms with Gasteiger partial charge in [0.2, 0.25) is 0 Å². The Morgan fingerprint density at radius 1 is 1.07 bits per heavy atom. The molecule has 8 heteroatoms. The Balaban J connectivity index is 1.38. The van der Waals surface area contributed by atoms with Crippen LogP contribution in [0.15, 0.2) is 55.4 Å². The smallest absolute Gasteiger partial charge is 0.338 e. The van der Waals surface area contributed by atoms with Crippen molar-refractivity contribution in [3.63, 3.8) is 0 Å². The third kappa shape index (κ3) is 3.46. The van der Waals surface area contributed by atoms with E-state index in [0.717, 1.165) is 18.5 Å². The van der Waals surface area contributed by atoms with Crippen molar-refractivity contribution >= 4 is 11.9 Å². The lowest BCUT2D eigenvalue weighted by atomic mass is 10.0. The van der Waals surface area contributed by atoms with Crippen molar-refractivity contribution in [2.75, 3.05) is 13.1 Å². The summed E-state index contributed by atoms with van der Waals surface area (Å²) < 4.78 is 3.58. The minimum Gasteiger partial charge on any atom is -0.478 e. The van der Waals surface area contributed by atoms with E-state index in [9.17, 15) is 9.59 Å². The molecule has 2 aromatic heterocycles. The molecule has 3 aromatic rings. The molecule has 8 nitrogen and oxygen atoms in total. The van der Waals surface area contributed by atoms with Crippen LogP contribution >= 0.6 is 0 Å². The van der Waals surface area contributed by atoms with Gasteiger partial charge in [-0.05, 0) is 37.1 Å². The number of carboxylic acids is 1. The predicted octanol–water partition coefficient (Wildman–Crippen LogP) is 2.24. The molecule has 0 bridgehead atoms. The first-order chi connectivity index (χ1) is 13.1. The van der Waals surface area contributed by atoms with Crippen LogP contribution in [0.1, 0.15) is 39.6 Å². The molecular weight excluding hydrogens is 346 g/mol. The Bertz CT molecular complexity index is 938. The third-order valence-electron chi connectivity index (χ3n) is 4.89. The number of aromatic carboxylic acids is 1. The Kier molecular flexibility index (Phi) is 4.45. The van der Waals surface area contributed by atoms with Gasteiger partial charge in [-0.3, -0.25) is 9.48 Å². The number of carbonyl (C=O) groups excluding carboxylic acids is 1. The van der Waals surface area contributed by atoms with Crippen LogP contribution in [0.5, 0.6) is 0 Å². The standard InChI is InChI=1S/C19H19N5O3/c25-18(14-1-3-16(4-2-14)23-10-7-20-13-23)22-8-5-17(6-9-22)24-12-15(11-21-24)19(26)27/h1-4,7,10-13,17H,5-6,8-9H2,(H,26,27). The van der Waals surface area contributed by atoms with E-state index in [2.05, 4.69) is 10.1 Å². The Morgan fingerprint density at radius 2 is 1.81 bits per heavy atom. The largest absolute Gasteiger partial charge is 0.478 e. The number of hydrogen-bond donors (Lipinski definition) is 1. The Morgan fingerprint density at radius 3 is 2.41 bits per heavy atom. The van der Waals surface area contributed by atoms with Gasteiger partial charge < -0.3 is 14.6 Å². The predicted molar refractivity (Wildman–Crippen MR) is 96.9 cm³/mol. The van der Waals surface area contributed by atoms with Crippen molar-refractivity contribution in [3.8, 4) is 5.69 Å². The van der Waals surface area contributed by atoms with Crippen molar-refractivity contribution in [3.05, 3.63) is 66.5 Å². The number of amides is 1. The summed E-state index contributed by atoms with van der Waals surface area (Å²) in [7, 11) is 0. The highest BCUT2D eigenvalue weighted by Crippen LogP contribution is 2.23. The van der Waals surface area contributed by atoms with Gasteiger partial charge in [0.25, 0.3) is 5.91 Å². The van der Waals surface area contributed by atoms with E-state index in [0.29, 0.717) is 18.7 Å². The number of benzene rings is 1. The van der Waals surface area contributed by atoms with Crippen LogP contribution in [-0.4, -0.2) is 54.3 Å². The van der Waals surface area contributed by atoms with Crippen LogP contribution in [-0.2, 0) is 0 Å². The minimum atomic E-state index is -0.979. The highest BCUT2D eigenvalue weighted by molar-refractivity contribution is 5.94. The number of imidazole rings is 1. The number of carboxylic acid groups (broad SMARTS) is 1. The van der Waals surface area contributed by atoms with Crippen LogP contribution < -0.4 is 0 Å². The van der Waals surface area contributed by atoms with Gasteiger partial charge in [0, 0.05) is 42.9 Å². The Labute approximate surface area is 155 Å². The molecule has 1 saturated heterocycles. The second-order valence-corrected chi connectivity index (χ2v) is 6.55. The number of rotatable bonds is 4. The molecule has 0 unspecified atom stereocenters. The van der Waals surface area contributed by atoms with Gasteiger partial charge in [0.1, 0.15) is 0 Å². The van der Waals surface area contributed by atoms with Crippen LogP contribution in [0.3, 0.4) is 0 Å². The number of nitrogens with zero attached hydrogens (tertiary/aromatic N) is 5. The number of aromatic nitrogens is 4. The molecule has 1 N–H and O–H groups in total. The van der Waals surface area contributed by atoms with E-state index in [4.69, 9.17) is 5.11 Å². The monoisotopic (exact) mass is 365 g/mol. The second kappa shape index (κ2) is 7.06. The lowest BCUT2D eigenvalue weighted by Crippen LogP contribution is -2.39. The van der Waals surface area contributed by atoms with Crippen molar-refractivity contribution in [1.82, 2.24) is 24.2 Å². The molecule has 27 heavy (non-hydrogen) atoms. The fraction of sp³-hybridized carbons (Fsp3) is 0.263. The van der Waals surface area contributed by atoms with Crippen LogP contribution in [0.2, 0.25) is 0 Å². The first-order valence-electron chi connectivity index (χ1n) is 8.77. The van der Waals surface area contributed by atoms with Gasteiger partial charge >= 0.3 is 5.97 Å². The highest BCUT2D eigenvalue weighted by atomic mass is 16.4. The summed E-state index contributed by atoms with van der Waals surface area (Å²) in [5, 5.41) is 13.2. The van der Waals surface area contributed by atoms with Gasteiger partial charge in [0.05, 0.1) is 24.1 Å². The molecular formula is C19H19N5O3. The van der Waals surface area contributed by atoms with Crippen LogP contribution in [0.4, 0.5) is 0 Å². The molecule has 4 rings (SSSR count). The topological polar surface area (TPSA) is 93.3 Å². The average molecular weight is 365 g/mol. The second-order valence-electron chi connectivity index (χ2n) is 6.55. The van der Waals surface area contributed by atoms with Crippen molar-refractivity contribution in [2.45, 2.75) is 18.9 Å². The molecule has 1 aliphatic heterocycles. The van der Waals surface area contributed by atoms with E-state index >= 15 is 0 Å². The van der Waals surface area contributed by atoms with E-state index < -0.39 is 5.97 Å². The van der Waals surface area contributed by atoms with Crippen molar-refractivity contribution in [1.29, 1.82) is 0 Å². The lowest BCUT2D eigenvalue weighted by Gasteiger charge is -2.32. The zero-order chi connectivity index (χ0) is 18.8. The molecule has 0 aliphatic carbocycles. The normalized spacial score (nSPS) is 15.0. The molecule has 1 aliphatic rings. The number of piperidine rings is 1. The number of hydrogen-bond acceptors (Lipinski definition) is 4. The summed E-state index contributed by atoms with van der Waals surface area (Å²) in [6, 6.07) is 7.58. The average Bonchev–Trinajstić information content (AvgIpc) is 3.40. The van der Waals surface area contributed by atoms with E-state index in [-0.39, 0.29) is 17.5 Å². The first-order valence-corrected chi connectivity index (χ1v) is 8.77. The van der Waals surface area contributed by atoms with Gasteiger partial charge in [-0.15, -0.1) is 0 Å². The number of carbonyl (C=O) groups is 2. The molecule has 0 radical (unpaired) electrons. The summed E-state index contributed by atoms with van der Waals surface area (Å²) >= 11 is 0. The fourth-order valence-corrected chi connectivity index (χ4v) is 3.35. The summed E-state index contributed by atoms with van der Waals surface area (Å²) in [5.74, 6) is -0.967. The maximum absolute atomic E-state index is 12.7. The van der Waals surface area contributed by atoms with Gasteiger partial charge in [-0.1, -0.05) is 0 Å². The molecule has 1 aromatic carbocycles. The van der Waals surface area contributed by atoms with Crippen LogP contribution in [0.25, 0.3) is 5.69 Å². The maximum atomic E-state index is 12.7. The Hall–Kier alpha value is -3.42. The fourth-order valence-electron chi connectivity index (χ4n) is 3.35. The summed E-state index contributed by atoms with van der Waals surface area (Å²) in [5.41, 5.74) is 1.80. The van der Waals surface area contributed by atoms with E-state index in [1.165, 1.54) is 6.20 Å². The van der Waals surface area contributed by atoms with Gasteiger partial charge in [-0.2, -0.15) is 5.10 Å². The zero-order valence-electron chi connectivity index (χ0n) is 14.6. The maximum Gasteiger partial charge on any atom is 0.338 e. The third-order valence-corrected chi connectivity index (χ3v) is 4.89. The molecule has 3 heterocycles. The van der Waals surface area contributed by atoms with Gasteiger partial charge in [0.15, 0.2) is 0 Å². The summed E-state index contributed by atoms with van der Waals surface area (Å²) in [4.78, 5) is 29.6. The summed E-state index contributed by atoms with van der Waals surface area (Å²) in [6.45, 7) is 1.24. The highest BCUT2D eigenvalue weighted by Gasteiger charge is 2.25. The number of likely N-dealkylation sites (tertiary alicyclic amines) is 1. The minimum absolute atomic E-state index is 0.0114. The lowest BCUT2D eigenvalue weighted by molar-refractivity contribution is 0.0688. The quantitative estimate of drug-likeness (QED) is 0.765.